The molecule has 6 heteroatoms. The van der Waals surface area contributed by atoms with E-state index in [1.165, 1.54) is 11.1 Å². The van der Waals surface area contributed by atoms with Gasteiger partial charge in [-0.1, -0.05) is 39.0 Å². The van der Waals surface area contributed by atoms with Gasteiger partial charge in [0.2, 0.25) is 0 Å². The molecule has 24 heavy (non-hydrogen) atoms. The van der Waals surface area contributed by atoms with Gasteiger partial charge in [-0.05, 0) is 30.9 Å². The Morgan fingerprint density at radius 2 is 1.92 bits per heavy atom. The molecule has 0 bridgehead atoms. The molecule has 3 N–H and O–H groups in total. The van der Waals surface area contributed by atoms with E-state index in [1.54, 1.807) is 11.3 Å². The minimum Gasteiger partial charge on any atom is -0.370 e. The van der Waals surface area contributed by atoms with Gasteiger partial charge in [0.05, 0.1) is 11.6 Å². The predicted octanol–water partition coefficient (Wildman–Crippen LogP) is 4.72. The quantitative estimate of drug-likeness (QED) is 0.374. The van der Waals surface area contributed by atoms with E-state index in [2.05, 4.69) is 59.6 Å². The summed E-state index contributed by atoms with van der Waals surface area (Å²) in [6.07, 6.45) is 1.94. The lowest BCUT2D eigenvalue weighted by atomic mass is 10.0. The van der Waals surface area contributed by atoms with Crippen LogP contribution < -0.4 is 11.1 Å². The van der Waals surface area contributed by atoms with Crippen molar-refractivity contribution in [2.75, 3.05) is 11.9 Å². The number of benzene rings is 1. The summed E-state index contributed by atoms with van der Waals surface area (Å²) in [5.41, 5.74) is 10.8. The van der Waals surface area contributed by atoms with Gasteiger partial charge in [0.1, 0.15) is 0 Å². The first-order chi connectivity index (χ1) is 11.0. The van der Waals surface area contributed by atoms with Crippen LogP contribution in [0.15, 0.2) is 28.6 Å². The first kappa shape index (κ1) is 20.9. The van der Waals surface area contributed by atoms with Crippen LogP contribution in [0.1, 0.15) is 48.5 Å². The lowest BCUT2D eigenvalue weighted by Crippen LogP contribution is -2.25. The number of rotatable bonds is 6. The zero-order valence-electron chi connectivity index (χ0n) is 14.8. The molecule has 1 heterocycles. The second-order valence-electron chi connectivity index (χ2n) is 5.74. The van der Waals surface area contributed by atoms with E-state index in [9.17, 15) is 0 Å². The fourth-order valence-corrected chi connectivity index (χ4v) is 3.33. The van der Waals surface area contributed by atoms with Crippen molar-refractivity contribution in [3.05, 3.63) is 45.4 Å². The summed E-state index contributed by atoms with van der Waals surface area (Å²) in [5.74, 6) is 0.752. The average molecular weight is 458 g/mol. The number of nitrogens with one attached hydrogen (secondary N) is 1. The van der Waals surface area contributed by atoms with Crippen molar-refractivity contribution in [3.63, 3.8) is 0 Å². The molecule has 0 saturated heterocycles. The largest absolute Gasteiger partial charge is 0.370 e. The number of halogens is 1. The topological polar surface area (TPSA) is 63.3 Å². The molecule has 1 atom stereocenters. The van der Waals surface area contributed by atoms with E-state index in [-0.39, 0.29) is 29.9 Å². The highest BCUT2D eigenvalue weighted by Crippen LogP contribution is 2.23. The second-order valence-corrected chi connectivity index (χ2v) is 6.63. The number of guanidine groups is 1. The summed E-state index contributed by atoms with van der Waals surface area (Å²) in [5, 5.41) is 6.49. The van der Waals surface area contributed by atoms with Gasteiger partial charge in [0.15, 0.2) is 5.96 Å². The van der Waals surface area contributed by atoms with Crippen LogP contribution in [-0.2, 0) is 12.8 Å². The van der Waals surface area contributed by atoms with Gasteiger partial charge in [0.25, 0.3) is 0 Å². The number of nitrogens with zero attached hydrogens (tertiary/aromatic N) is 2. The molecule has 0 radical (unpaired) electrons. The van der Waals surface area contributed by atoms with E-state index >= 15 is 0 Å². The Morgan fingerprint density at radius 1 is 1.29 bits per heavy atom. The van der Waals surface area contributed by atoms with E-state index in [0.29, 0.717) is 12.5 Å². The number of hydrogen-bond donors (Lipinski definition) is 2. The van der Waals surface area contributed by atoms with Crippen molar-refractivity contribution in [3.8, 4) is 0 Å². The molecule has 2 aromatic rings. The minimum absolute atomic E-state index is 0. The first-order valence-electron chi connectivity index (χ1n) is 8.14. The molecule has 2 rings (SSSR count). The highest BCUT2D eigenvalue weighted by Gasteiger charge is 2.10. The predicted molar refractivity (Wildman–Crippen MR) is 116 cm³/mol. The summed E-state index contributed by atoms with van der Waals surface area (Å²) < 4.78 is 0. The Hall–Kier alpha value is -1.15. The maximum absolute atomic E-state index is 6.11. The van der Waals surface area contributed by atoms with Crippen LogP contribution in [0.3, 0.4) is 0 Å². The molecule has 4 nitrogen and oxygen atoms in total. The lowest BCUT2D eigenvalue weighted by Gasteiger charge is -2.15. The fraction of sp³-hybridized carbons (Fsp3) is 0.444. The number of para-hydroxylation sites is 1. The zero-order chi connectivity index (χ0) is 16.8. The maximum atomic E-state index is 6.11. The molecule has 0 aliphatic heterocycles. The van der Waals surface area contributed by atoms with Gasteiger partial charge in [-0.2, -0.15) is 0 Å². The highest BCUT2D eigenvalue weighted by atomic mass is 127. The molecule has 1 aromatic heterocycles. The standard InChI is InChI=1S/C18H26N4S.HI/c1-5-14-8-7-9-15(6-2)16(14)22-18(19)20-10-12(3)17-21-13(4)11-23-17;/h7-9,11-12H,5-6,10H2,1-4H3,(H3,19,20,22);1H. The Kier molecular flexibility index (Phi) is 8.69. The number of aryl methyl sites for hydroxylation is 3. The van der Waals surface area contributed by atoms with E-state index < -0.39 is 0 Å². The third-order valence-electron chi connectivity index (χ3n) is 3.85. The molecular weight excluding hydrogens is 431 g/mol. The van der Waals surface area contributed by atoms with Crippen molar-refractivity contribution >= 4 is 47.0 Å². The number of hydrogen-bond acceptors (Lipinski definition) is 3. The van der Waals surface area contributed by atoms with Crippen molar-refractivity contribution < 1.29 is 0 Å². The molecule has 0 spiro atoms. The van der Waals surface area contributed by atoms with Crippen LogP contribution in [0.25, 0.3) is 0 Å². The SMILES string of the molecule is CCc1cccc(CC)c1NC(N)=NCC(C)c1nc(C)cs1.I. The van der Waals surface area contributed by atoms with Crippen molar-refractivity contribution in [1.29, 1.82) is 0 Å². The van der Waals surface area contributed by atoms with Crippen LogP contribution in [-0.4, -0.2) is 17.5 Å². The van der Waals surface area contributed by atoms with E-state index in [0.717, 1.165) is 29.2 Å². The molecule has 0 aliphatic carbocycles. The van der Waals surface area contributed by atoms with Crippen molar-refractivity contribution in [2.24, 2.45) is 10.7 Å². The number of aromatic nitrogens is 1. The summed E-state index contributed by atoms with van der Waals surface area (Å²) in [4.78, 5) is 9.02. The molecule has 0 saturated carbocycles. The van der Waals surface area contributed by atoms with Gasteiger partial charge < -0.3 is 11.1 Å². The molecule has 0 fully saturated rings. The van der Waals surface area contributed by atoms with Gasteiger partial charge in [-0.3, -0.25) is 4.99 Å². The van der Waals surface area contributed by atoms with Crippen LogP contribution in [0, 0.1) is 6.92 Å². The van der Waals surface area contributed by atoms with Crippen LogP contribution in [0.5, 0.6) is 0 Å². The molecular formula is C18H27IN4S. The third-order valence-corrected chi connectivity index (χ3v) is 5.04. The normalized spacial score (nSPS) is 12.6. The average Bonchev–Trinajstić information content (AvgIpc) is 2.99. The molecule has 132 valence electrons. The Bertz CT molecular complexity index is 659. The zero-order valence-corrected chi connectivity index (χ0v) is 17.9. The number of nitrogens with two attached hydrogens (primary N) is 1. The Labute approximate surface area is 166 Å². The summed E-state index contributed by atoms with van der Waals surface area (Å²) in [6, 6.07) is 6.37. The van der Waals surface area contributed by atoms with Crippen LogP contribution in [0.2, 0.25) is 0 Å². The summed E-state index contributed by atoms with van der Waals surface area (Å²) >= 11 is 1.68. The van der Waals surface area contributed by atoms with Gasteiger partial charge in [-0.15, -0.1) is 35.3 Å². The number of aliphatic imine (C=N–C) groups is 1. The Morgan fingerprint density at radius 3 is 2.42 bits per heavy atom. The first-order valence-corrected chi connectivity index (χ1v) is 9.02. The third kappa shape index (κ3) is 5.44. The maximum Gasteiger partial charge on any atom is 0.193 e. The van der Waals surface area contributed by atoms with Gasteiger partial charge in [0, 0.05) is 22.7 Å². The number of anilines is 1. The molecule has 1 unspecified atom stereocenters. The smallest absolute Gasteiger partial charge is 0.193 e. The molecule has 0 amide bonds. The minimum atomic E-state index is 0. The molecule has 0 aliphatic rings. The number of thiazole rings is 1. The van der Waals surface area contributed by atoms with E-state index in [1.807, 2.05) is 6.92 Å². The van der Waals surface area contributed by atoms with Crippen molar-refractivity contribution in [1.82, 2.24) is 4.98 Å². The summed E-state index contributed by atoms with van der Waals surface area (Å²) in [7, 11) is 0. The van der Waals surface area contributed by atoms with Crippen LogP contribution in [0.4, 0.5) is 5.69 Å². The van der Waals surface area contributed by atoms with Gasteiger partial charge in [-0.25, -0.2) is 4.98 Å². The van der Waals surface area contributed by atoms with Gasteiger partial charge >= 0.3 is 0 Å². The fourth-order valence-electron chi connectivity index (χ4n) is 2.48. The lowest BCUT2D eigenvalue weighted by molar-refractivity contribution is 0.763. The van der Waals surface area contributed by atoms with E-state index in [4.69, 9.17) is 5.73 Å². The highest BCUT2D eigenvalue weighted by molar-refractivity contribution is 14.0. The molecule has 1 aromatic carbocycles. The monoisotopic (exact) mass is 458 g/mol. The van der Waals surface area contributed by atoms with Crippen molar-refractivity contribution in [2.45, 2.75) is 46.5 Å². The summed E-state index contributed by atoms with van der Waals surface area (Å²) in [6.45, 7) is 9.09. The second kappa shape index (κ2) is 9.98. The van der Waals surface area contributed by atoms with Crippen LogP contribution >= 0.6 is 35.3 Å². The Balaban J connectivity index is 0.00000288.